The first-order valence-electron chi connectivity index (χ1n) is 3.86. The first-order chi connectivity index (χ1) is 6.29. The summed E-state index contributed by atoms with van der Waals surface area (Å²) in [5.41, 5.74) is 6.48. The summed E-state index contributed by atoms with van der Waals surface area (Å²) in [7, 11) is 0. The molecule has 1 aromatic carbocycles. The number of benzene rings is 1. The average Bonchev–Trinajstić information content (AvgIpc) is 2.62. The second kappa shape index (κ2) is 2.82. The highest BCUT2D eigenvalue weighted by Crippen LogP contribution is 2.26. The van der Waals surface area contributed by atoms with Crippen LogP contribution in [0.5, 0.6) is 5.75 Å². The smallest absolute Gasteiger partial charge is 0.164 e. The Balaban J connectivity index is 2.59. The van der Waals surface area contributed by atoms with E-state index in [0.717, 1.165) is 0 Å². The Hall–Kier alpha value is -1.97. The number of anilines is 1. The summed E-state index contributed by atoms with van der Waals surface area (Å²) in [5.74, 6) is 0.0613. The lowest BCUT2D eigenvalue weighted by atomic mass is 10.2. The van der Waals surface area contributed by atoms with E-state index in [4.69, 9.17) is 5.73 Å². The third-order valence-electron chi connectivity index (χ3n) is 1.80. The Bertz CT molecular complexity index is 409. The van der Waals surface area contributed by atoms with Gasteiger partial charge >= 0.3 is 0 Å². The summed E-state index contributed by atoms with van der Waals surface area (Å²) in [6.45, 7) is 0. The van der Waals surface area contributed by atoms with Crippen molar-refractivity contribution in [1.82, 2.24) is 9.78 Å². The van der Waals surface area contributed by atoms with Crippen LogP contribution in [0.3, 0.4) is 0 Å². The van der Waals surface area contributed by atoms with E-state index in [0.29, 0.717) is 11.4 Å². The van der Waals surface area contributed by atoms with Crippen molar-refractivity contribution in [3.8, 4) is 11.4 Å². The van der Waals surface area contributed by atoms with Crippen molar-refractivity contribution < 1.29 is 5.11 Å². The number of aromatic nitrogens is 2. The molecule has 2 aromatic rings. The minimum absolute atomic E-state index is 0.0613. The molecular weight excluding hydrogens is 166 g/mol. The molecule has 0 unspecified atom stereocenters. The molecule has 0 aliphatic carbocycles. The number of hydrogen-bond donors (Lipinski definition) is 2. The van der Waals surface area contributed by atoms with Gasteiger partial charge in [0.25, 0.3) is 0 Å². The van der Waals surface area contributed by atoms with Gasteiger partial charge in [0, 0.05) is 12.4 Å². The van der Waals surface area contributed by atoms with E-state index in [1.54, 1.807) is 41.3 Å². The molecule has 0 atom stereocenters. The SMILES string of the molecule is Nc1cccc(-n2cccn2)c1O. The average molecular weight is 175 g/mol. The van der Waals surface area contributed by atoms with Gasteiger partial charge in [0.15, 0.2) is 5.75 Å². The lowest BCUT2D eigenvalue weighted by Crippen LogP contribution is -1.96. The summed E-state index contributed by atoms with van der Waals surface area (Å²) in [6, 6.07) is 6.94. The number of hydrogen-bond acceptors (Lipinski definition) is 3. The van der Waals surface area contributed by atoms with Gasteiger partial charge in [-0.3, -0.25) is 0 Å². The highest BCUT2D eigenvalue weighted by molar-refractivity contribution is 5.62. The first-order valence-corrected chi connectivity index (χ1v) is 3.86. The quantitative estimate of drug-likeness (QED) is 0.505. The lowest BCUT2D eigenvalue weighted by Gasteiger charge is -2.05. The van der Waals surface area contributed by atoms with Crippen LogP contribution in [-0.2, 0) is 0 Å². The van der Waals surface area contributed by atoms with E-state index >= 15 is 0 Å². The molecule has 4 heteroatoms. The van der Waals surface area contributed by atoms with Crippen molar-refractivity contribution in [2.45, 2.75) is 0 Å². The minimum atomic E-state index is 0.0613. The fraction of sp³-hybridized carbons (Fsp3) is 0. The number of nitrogens with two attached hydrogens (primary N) is 1. The van der Waals surface area contributed by atoms with Gasteiger partial charge < -0.3 is 10.8 Å². The number of nitrogen functional groups attached to an aromatic ring is 1. The van der Waals surface area contributed by atoms with Crippen molar-refractivity contribution in [2.24, 2.45) is 0 Å². The largest absolute Gasteiger partial charge is 0.504 e. The molecule has 0 aliphatic heterocycles. The molecule has 2 rings (SSSR count). The molecular formula is C9H9N3O. The maximum atomic E-state index is 9.58. The predicted molar refractivity (Wildman–Crippen MR) is 49.6 cm³/mol. The van der Waals surface area contributed by atoms with Crippen LogP contribution < -0.4 is 5.73 Å². The van der Waals surface area contributed by atoms with Crippen molar-refractivity contribution in [1.29, 1.82) is 0 Å². The second-order valence-corrected chi connectivity index (χ2v) is 2.67. The third-order valence-corrected chi connectivity index (χ3v) is 1.80. The van der Waals surface area contributed by atoms with E-state index < -0.39 is 0 Å². The Morgan fingerprint density at radius 2 is 2.15 bits per heavy atom. The second-order valence-electron chi connectivity index (χ2n) is 2.67. The van der Waals surface area contributed by atoms with E-state index in [2.05, 4.69) is 5.10 Å². The van der Waals surface area contributed by atoms with Crippen molar-refractivity contribution in [2.75, 3.05) is 5.73 Å². The molecule has 0 aliphatic rings. The van der Waals surface area contributed by atoms with Gasteiger partial charge in [0.2, 0.25) is 0 Å². The van der Waals surface area contributed by atoms with Gasteiger partial charge in [-0.15, -0.1) is 0 Å². The van der Waals surface area contributed by atoms with Crippen LogP contribution in [0.1, 0.15) is 0 Å². The fourth-order valence-electron chi connectivity index (χ4n) is 1.14. The Kier molecular flexibility index (Phi) is 1.66. The van der Waals surface area contributed by atoms with Crippen LogP contribution >= 0.6 is 0 Å². The topological polar surface area (TPSA) is 64.1 Å². The highest BCUT2D eigenvalue weighted by atomic mass is 16.3. The Morgan fingerprint density at radius 1 is 1.31 bits per heavy atom. The number of para-hydroxylation sites is 1. The van der Waals surface area contributed by atoms with Crippen LogP contribution in [0.4, 0.5) is 5.69 Å². The fourth-order valence-corrected chi connectivity index (χ4v) is 1.14. The molecule has 1 heterocycles. The zero-order chi connectivity index (χ0) is 9.26. The summed E-state index contributed by atoms with van der Waals surface area (Å²) >= 11 is 0. The zero-order valence-corrected chi connectivity index (χ0v) is 6.88. The van der Waals surface area contributed by atoms with Crippen molar-refractivity contribution in [3.63, 3.8) is 0 Å². The monoisotopic (exact) mass is 175 g/mol. The number of rotatable bonds is 1. The highest BCUT2D eigenvalue weighted by Gasteiger charge is 2.05. The van der Waals surface area contributed by atoms with Crippen LogP contribution in [0.2, 0.25) is 0 Å². The van der Waals surface area contributed by atoms with Gasteiger partial charge in [-0.2, -0.15) is 5.10 Å². The Morgan fingerprint density at radius 3 is 2.85 bits per heavy atom. The Labute approximate surface area is 75.2 Å². The first kappa shape index (κ1) is 7.67. The molecule has 4 nitrogen and oxygen atoms in total. The van der Waals surface area contributed by atoms with Crippen LogP contribution in [0.25, 0.3) is 5.69 Å². The van der Waals surface area contributed by atoms with E-state index in [1.165, 1.54) is 0 Å². The standard InChI is InChI=1S/C9H9N3O/c10-7-3-1-4-8(9(7)13)12-6-2-5-11-12/h1-6,13H,10H2. The van der Waals surface area contributed by atoms with Crippen LogP contribution in [-0.4, -0.2) is 14.9 Å². The van der Waals surface area contributed by atoms with Gasteiger partial charge in [-0.1, -0.05) is 6.07 Å². The molecule has 0 saturated heterocycles. The predicted octanol–water partition coefficient (Wildman–Crippen LogP) is 1.16. The molecule has 0 saturated carbocycles. The summed E-state index contributed by atoms with van der Waals surface area (Å²) in [5, 5.41) is 13.6. The van der Waals surface area contributed by atoms with Gasteiger partial charge in [0.05, 0.1) is 5.69 Å². The molecule has 0 fully saturated rings. The molecule has 0 radical (unpaired) electrons. The lowest BCUT2D eigenvalue weighted by molar-refractivity contribution is 0.473. The molecule has 0 spiro atoms. The van der Waals surface area contributed by atoms with Gasteiger partial charge in [-0.05, 0) is 18.2 Å². The van der Waals surface area contributed by atoms with E-state index in [-0.39, 0.29) is 5.75 Å². The maximum Gasteiger partial charge on any atom is 0.164 e. The number of nitrogens with zero attached hydrogens (tertiary/aromatic N) is 2. The zero-order valence-electron chi connectivity index (χ0n) is 6.88. The summed E-state index contributed by atoms with van der Waals surface area (Å²) < 4.78 is 1.56. The maximum absolute atomic E-state index is 9.58. The number of aromatic hydroxyl groups is 1. The molecule has 66 valence electrons. The van der Waals surface area contributed by atoms with Crippen molar-refractivity contribution in [3.05, 3.63) is 36.7 Å². The van der Waals surface area contributed by atoms with E-state index in [9.17, 15) is 5.11 Å². The number of phenols is 1. The molecule has 0 amide bonds. The number of phenolic OH excluding ortho intramolecular Hbond substituents is 1. The molecule has 13 heavy (non-hydrogen) atoms. The molecule has 1 aromatic heterocycles. The van der Waals surface area contributed by atoms with Crippen LogP contribution in [0, 0.1) is 0 Å². The molecule has 3 N–H and O–H groups in total. The third kappa shape index (κ3) is 1.22. The summed E-state index contributed by atoms with van der Waals surface area (Å²) in [4.78, 5) is 0. The minimum Gasteiger partial charge on any atom is -0.504 e. The summed E-state index contributed by atoms with van der Waals surface area (Å²) in [6.07, 6.45) is 3.39. The van der Waals surface area contributed by atoms with Gasteiger partial charge in [-0.25, -0.2) is 4.68 Å². The molecule has 0 bridgehead atoms. The van der Waals surface area contributed by atoms with Crippen LogP contribution in [0.15, 0.2) is 36.7 Å². The van der Waals surface area contributed by atoms with Gasteiger partial charge in [0.1, 0.15) is 5.69 Å². The van der Waals surface area contributed by atoms with Crippen molar-refractivity contribution >= 4 is 5.69 Å². The normalized spacial score (nSPS) is 10.2. The van der Waals surface area contributed by atoms with E-state index in [1.807, 2.05) is 0 Å².